The summed E-state index contributed by atoms with van der Waals surface area (Å²) in [7, 11) is 0. The Labute approximate surface area is 91.0 Å². The number of nitrogens with zero attached hydrogens (tertiary/aromatic N) is 3. The molecule has 0 atom stereocenters. The van der Waals surface area contributed by atoms with Gasteiger partial charge < -0.3 is 5.73 Å². The molecule has 0 bridgehead atoms. The van der Waals surface area contributed by atoms with E-state index in [0.29, 0.717) is 16.5 Å². The van der Waals surface area contributed by atoms with Crippen molar-refractivity contribution in [3.63, 3.8) is 0 Å². The number of thiophene rings is 1. The third kappa shape index (κ3) is 1.95. The van der Waals surface area contributed by atoms with Crippen molar-refractivity contribution < 1.29 is 0 Å². The average molecular weight is 216 g/mol. The summed E-state index contributed by atoms with van der Waals surface area (Å²) in [5, 5.41) is 8.71. The molecule has 15 heavy (non-hydrogen) atoms. The van der Waals surface area contributed by atoms with Crippen LogP contribution in [0.15, 0.2) is 18.2 Å². The number of aryl methyl sites for hydroxylation is 1. The van der Waals surface area contributed by atoms with Gasteiger partial charge in [-0.25, -0.2) is 9.97 Å². The lowest BCUT2D eigenvalue weighted by Crippen LogP contribution is -1.96. The second kappa shape index (κ2) is 3.67. The molecule has 0 aliphatic carbocycles. The highest BCUT2D eigenvalue weighted by Gasteiger charge is 2.05. The molecule has 0 fully saturated rings. The standard InChI is InChI=1S/C10H8N4S/c1-6-13-8(4-10(12)14-6)9-3-2-7(5-11)15-9/h2-4H,1H3,(H2,12,13,14). The lowest BCUT2D eigenvalue weighted by molar-refractivity contribution is 1.07. The molecule has 0 unspecified atom stereocenters. The van der Waals surface area contributed by atoms with E-state index in [1.54, 1.807) is 19.1 Å². The van der Waals surface area contributed by atoms with Crippen LogP contribution in [0, 0.1) is 18.3 Å². The third-order valence-electron chi connectivity index (χ3n) is 1.83. The molecule has 2 heterocycles. The minimum absolute atomic E-state index is 0.449. The first kappa shape index (κ1) is 9.62. The van der Waals surface area contributed by atoms with E-state index >= 15 is 0 Å². The molecule has 74 valence electrons. The summed E-state index contributed by atoms with van der Waals surface area (Å²) < 4.78 is 0. The SMILES string of the molecule is Cc1nc(N)cc(-c2ccc(C#N)s2)n1. The van der Waals surface area contributed by atoms with Gasteiger partial charge in [0.25, 0.3) is 0 Å². The molecule has 0 amide bonds. The Morgan fingerprint density at radius 3 is 2.80 bits per heavy atom. The van der Waals surface area contributed by atoms with Crippen LogP contribution < -0.4 is 5.73 Å². The summed E-state index contributed by atoms with van der Waals surface area (Å²) >= 11 is 1.40. The minimum atomic E-state index is 0.449. The number of rotatable bonds is 1. The van der Waals surface area contributed by atoms with Crippen molar-refractivity contribution in [1.82, 2.24) is 9.97 Å². The van der Waals surface area contributed by atoms with Crippen molar-refractivity contribution >= 4 is 17.2 Å². The molecule has 2 rings (SSSR count). The van der Waals surface area contributed by atoms with Crippen LogP contribution in [-0.4, -0.2) is 9.97 Å². The Morgan fingerprint density at radius 1 is 1.40 bits per heavy atom. The maximum atomic E-state index is 8.71. The molecule has 0 spiro atoms. The van der Waals surface area contributed by atoms with Crippen LogP contribution in [0.3, 0.4) is 0 Å². The zero-order valence-corrected chi connectivity index (χ0v) is 8.88. The Balaban J connectivity index is 2.50. The molecule has 4 nitrogen and oxygen atoms in total. The molecule has 5 heteroatoms. The van der Waals surface area contributed by atoms with Crippen molar-refractivity contribution in [3.05, 3.63) is 28.9 Å². The van der Waals surface area contributed by atoms with E-state index in [1.807, 2.05) is 6.07 Å². The van der Waals surface area contributed by atoms with Crippen LogP contribution in [0.4, 0.5) is 5.82 Å². The maximum absolute atomic E-state index is 8.71. The van der Waals surface area contributed by atoms with Crippen molar-refractivity contribution in [3.8, 4) is 16.6 Å². The van der Waals surface area contributed by atoms with Gasteiger partial charge in [-0.05, 0) is 19.1 Å². The number of aromatic nitrogens is 2. The van der Waals surface area contributed by atoms with Gasteiger partial charge in [0.15, 0.2) is 0 Å². The predicted octanol–water partition coefficient (Wildman–Crippen LogP) is 1.97. The zero-order chi connectivity index (χ0) is 10.8. The minimum Gasteiger partial charge on any atom is -0.384 e. The fourth-order valence-corrected chi connectivity index (χ4v) is 2.02. The van der Waals surface area contributed by atoms with Crippen molar-refractivity contribution in [2.75, 3.05) is 5.73 Å². The van der Waals surface area contributed by atoms with Crippen molar-refractivity contribution in [2.24, 2.45) is 0 Å². The molecule has 2 aromatic heterocycles. The van der Waals surface area contributed by atoms with Crippen LogP contribution in [0.25, 0.3) is 10.6 Å². The Bertz CT molecular complexity index is 518. The lowest BCUT2D eigenvalue weighted by atomic mass is 10.3. The first-order valence-corrected chi connectivity index (χ1v) is 5.12. The van der Waals surface area contributed by atoms with Gasteiger partial charge in [0.05, 0.1) is 10.6 Å². The second-order valence-electron chi connectivity index (χ2n) is 3.00. The van der Waals surface area contributed by atoms with E-state index < -0.39 is 0 Å². The van der Waals surface area contributed by atoms with E-state index in [9.17, 15) is 0 Å². The third-order valence-corrected chi connectivity index (χ3v) is 2.84. The van der Waals surface area contributed by atoms with E-state index in [1.165, 1.54) is 11.3 Å². The molecule has 0 aliphatic heterocycles. The molecule has 0 radical (unpaired) electrons. The first-order chi connectivity index (χ1) is 7.19. The summed E-state index contributed by atoms with van der Waals surface area (Å²) in [5.74, 6) is 1.08. The maximum Gasteiger partial charge on any atom is 0.128 e. The molecule has 0 saturated carbocycles. The Hall–Kier alpha value is -1.93. The van der Waals surface area contributed by atoms with E-state index in [0.717, 1.165) is 10.6 Å². The number of nitrogens with two attached hydrogens (primary N) is 1. The molecule has 2 aromatic rings. The summed E-state index contributed by atoms with van der Waals surface area (Å²) in [6, 6.07) is 7.44. The molecule has 0 aromatic carbocycles. The van der Waals surface area contributed by atoms with E-state index in [-0.39, 0.29) is 0 Å². The van der Waals surface area contributed by atoms with Gasteiger partial charge in [-0.15, -0.1) is 11.3 Å². The van der Waals surface area contributed by atoms with Crippen molar-refractivity contribution in [1.29, 1.82) is 5.26 Å². The van der Waals surface area contributed by atoms with Gasteiger partial charge in [0.2, 0.25) is 0 Å². The monoisotopic (exact) mass is 216 g/mol. The predicted molar refractivity (Wildman–Crippen MR) is 59.2 cm³/mol. The highest BCUT2D eigenvalue weighted by Crippen LogP contribution is 2.26. The summed E-state index contributed by atoms with van der Waals surface area (Å²) in [4.78, 5) is 9.86. The van der Waals surface area contributed by atoms with E-state index in [2.05, 4.69) is 16.0 Å². The lowest BCUT2D eigenvalue weighted by Gasteiger charge is -1.99. The van der Waals surface area contributed by atoms with Gasteiger partial charge in [-0.3, -0.25) is 0 Å². The zero-order valence-electron chi connectivity index (χ0n) is 8.06. The molecule has 0 saturated heterocycles. The normalized spacial score (nSPS) is 9.87. The first-order valence-electron chi connectivity index (χ1n) is 4.30. The van der Waals surface area contributed by atoms with Crippen LogP contribution in [0.5, 0.6) is 0 Å². The largest absolute Gasteiger partial charge is 0.384 e. The van der Waals surface area contributed by atoms with Gasteiger partial charge in [-0.1, -0.05) is 0 Å². The summed E-state index contributed by atoms with van der Waals surface area (Å²) in [6.07, 6.45) is 0. The summed E-state index contributed by atoms with van der Waals surface area (Å²) in [5.41, 5.74) is 6.39. The number of hydrogen-bond donors (Lipinski definition) is 1. The topological polar surface area (TPSA) is 75.6 Å². The average Bonchev–Trinajstić information content (AvgIpc) is 2.64. The number of anilines is 1. The van der Waals surface area contributed by atoms with Crippen LogP contribution in [-0.2, 0) is 0 Å². The fourth-order valence-electron chi connectivity index (χ4n) is 1.25. The van der Waals surface area contributed by atoms with Gasteiger partial charge >= 0.3 is 0 Å². The molecule has 2 N–H and O–H groups in total. The second-order valence-corrected chi connectivity index (χ2v) is 4.08. The van der Waals surface area contributed by atoms with Gasteiger partial charge in [0.1, 0.15) is 22.6 Å². The summed E-state index contributed by atoms with van der Waals surface area (Å²) in [6.45, 7) is 1.79. The molecule has 0 aliphatic rings. The number of hydrogen-bond acceptors (Lipinski definition) is 5. The van der Waals surface area contributed by atoms with E-state index in [4.69, 9.17) is 11.0 Å². The highest BCUT2D eigenvalue weighted by molar-refractivity contribution is 7.15. The number of nitrogen functional groups attached to an aromatic ring is 1. The number of nitriles is 1. The fraction of sp³-hybridized carbons (Fsp3) is 0.100. The van der Waals surface area contributed by atoms with Gasteiger partial charge in [-0.2, -0.15) is 5.26 Å². The van der Waals surface area contributed by atoms with Gasteiger partial charge in [0, 0.05) is 6.07 Å². The quantitative estimate of drug-likeness (QED) is 0.790. The van der Waals surface area contributed by atoms with Crippen LogP contribution >= 0.6 is 11.3 Å². The molecular formula is C10H8N4S. The highest BCUT2D eigenvalue weighted by atomic mass is 32.1. The Kier molecular flexibility index (Phi) is 2.35. The molecular weight excluding hydrogens is 208 g/mol. The van der Waals surface area contributed by atoms with Crippen LogP contribution in [0.1, 0.15) is 10.7 Å². The smallest absolute Gasteiger partial charge is 0.128 e. The van der Waals surface area contributed by atoms with Crippen molar-refractivity contribution in [2.45, 2.75) is 6.92 Å². The Morgan fingerprint density at radius 2 is 2.20 bits per heavy atom. The van der Waals surface area contributed by atoms with Crippen LogP contribution in [0.2, 0.25) is 0 Å².